The average Bonchev–Trinajstić information content (AvgIpc) is 2.42. The zero-order chi connectivity index (χ0) is 15.0. The summed E-state index contributed by atoms with van der Waals surface area (Å²) in [5.74, 6) is -0.636. The summed E-state index contributed by atoms with van der Waals surface area (Å²) in [6, 6.07) is 6.49. The van der Waals surface area contributed by atoms with Gasteiger partial charge in [-0.05, 0) is 25.5 Å². The molecule has 2 N–H and O–H groups in total. The normalized spacial score (nSPS) is 9.90. The van der Waals surface area contributed by atoms with Gasteiger partial charge in [0.05, 0.1) is 0 Å². The van der Waals surface area contributed by atoms with Gasteiger partial charge in [0, 0.05) is 24.8 Å². The summed E-state index contributed by atoms with van der Waals surface area (Å²) in [6.45, 7) is 4.85. The van der Waals surface area contributed by atoms with Crippen LogP contribution >= 0.6 is 0 Å². The molecule has 0 aliphatic heterocycles. The van der Waals surface area contributed by atoms with Gasteiger partial charge in [-0.15, -0.1) is 0 Å². The molecule has 110 valence electrons. The molecule has 1 rings (SSSR count). The molecule has 0 saturated heterocycles. The van der Waals surface area contributed by atoms with E-state index in [2.05, 4.69) is 5.32 Å². The van der Waals surface area contributed by atoms with Crippen LogP contribution in [0, 0.1) is 0 Å². The lowest BCUT2D eigenvalue weighted by Gasteiger charge is -2.20. The smallest absolute Gasteiger partial charge is 0.341 e. The molecule has 6 heteroatoms. The first-order valence-electron chi connectivity index (χ1n) is 6.57. The van der Waals surface area contributed by atoms with Crippen LogP contribution in [0.5, 0.6) is 5.75 Å². The van der Waals surface area contributed by atoms with E-state index < -0.39 is 12.6 Å². The molecular formula is C14H20N2O4. The van der Waals surface area contributed by atoms with Crippen LogP contribution < -0.4 is 10.1 Å². The fourth-order valence-corrected chi connectivity index (χ4v) is 1.68. The number of carboxylic acids is 1. The van der Waals surface area contributed by atoms with Crippen molar-refractivity contribution in [1.82, 2.24) is 4.90 Å². The van der Waals surface area contributed by atoms with Gasteiger partial charge in [0.1, 0.15) is 5.75 Å². The number of carboxylic acid groups (broad SMARTS) is 1. The highest BCUT2D eigenvalue weighted by atomic mass is 16.5. The maximum absolute atomic E-state index is 12.0. The number of amides is 2. The van der Waals surface area contributed by atoms with Gasteiger partial charge < -0.3 is 20.1 Å². The number of benzene rings is 1. The van der Waals surface area contributed by atoms with E-state index in [1.807, 2.05) is 13.8 Å². The van der Waals surface area contributed by atoms with Crippen LogP contribution in [0.4, 0.5) is 10.5 Å². The molecule has 0 unspecified atom stereocenters. The molecule has 20 heavy (non-hydrogen) atoms. The lowest BCUT2D eigenvalue weighted by molar-refractivity contribution is -0.139. The fourth-order valence-electron chi connectivity index (χ4n) is 1.68. The number of hydrogen-bond acceptors (Lipinski definition) is 3. The van der Waals surface area contributed by atoms with Gasteiger partial charge >= 0.3 is 12.0 Å². The third kappa shape index (κ3) is 5.17. The predicted molar refractivity (Wildman–Crippen MR) is 76.1 cm³/mol. The van der Waals surface area contributed by atoms with Gasteiger partial charge in [-0.1, -0.05) is 13.0 Å². The molecule has 0 saturated carbocycles. The van der Waals surface area contributed by atoms with Crippen molar-refractivity contribution in [2.75, 3.05) is 25.0 Å². The quantitative estimate of drug-likeness (QED) is 0.804. The number of anilines is 1. The third-order valence-corrected chi connectivity index (χ3v) is 2.61. The van der Waals surface area contributed by atoms with Crippen LogP contribution in [0.15, 0.2) is 24.3 Å². The summed E-state index contributed by atoms with van der Waals surface area (Å²) in [6.07, 6.45) is 0.892. The van der Waals surface area contributed by atoms with Gasteiger partial charge in [-0.2, -0.15) is 0 Å². The number of urea groups is 1. The van der Waals surface area contributed by atoms with Gasteiger partial charge in [-0.3, -0.25) is 0 Å². The van der Waals surface area contributed by atoms with Gasteiger partial charge in [0.2, 0.25) is 0 Å². The summed E-state index contributed by atoms with van der Waals surface area (Å²) >= 11 is 0. The van der Waals surface area contributed by atoms with Crippen molar-refractivity contribution in [1.29, 1.82) is 0 Å². The summed E-state index contributed by atoms with van der Waals surface area (Å²) in [5, 5.41) is 11.3. The van der Waals surface area contributed by atoms with E-state index >= 15 is 0 Å². The largest absolute Gasteiger partial charge is 0.482 e. The zero-order valence-electron chi connectivity index (χ0n) is 11.8. The molecule has 0 fully saturated rings. The van der Waals surface area contributed by atoms with Crippen LogP contribution in [-0.2, 0) is 4.79 Å². The Hall–Kier alpha value is -2.24. The molecule has 6 nitrogen and oxygen atoms in total. The Morgan fingerprint density at radius 3 is 2.70 bits per heavy atom. The summed E-state index contributed by atoms with van der Waals surface area (Å²) < 4.78 is 5.06. The molecule has 0 aliphatic rings. The molecule has 0 aromatic heterocycles. The van der Waals surface area contributed by atoms with E-state index in [4.69, 9.17) is 9.84 Å². The van der Waals surface area contributed by atoms with E-state index in [0.29, 0.717) is 24.5 Å². The monoisotopic (exact) mass is 280 g/mol. The lowest BCUT2D eigenvalue weighted by Crippen LogP contribution is -2.35. The number of rotatable bonds is 7. The number of hydrogen-bond donors (Lipinski definition) is 2. The molecule has 0 spiro atoms. The number of aliphatic carboxylic acids is 1. The number of carbonyl (C=O) groups is 2. The van der Waals surface area contributed by atoms with Crippen molar-refractivity contribution in [3.05, 3.63) is 24.3 Å². The Morgan fingerprint density at radius 2 is 2.10 bits per heavy atom. The minimum atomic E-state index is -1.04. The second-order valence-corrected chi connectivity index (χ2v) is 4.22. The van der Waals surface area contributed by atoms with E-state index in [-0.39, 0.29) is 6.03 Å². The van der Waals surface area contributed by atoms with Crippen molar-refractivity contribution in [2.45, 2.75) is 20.3 Å². The molecule has 1 aromatic carbocycles. The minimum Gasteiger partial charge on any atom is -0.482 e. The predicted octanol–water partition coefficient (Wildman–Crippen LogP) is 2.41. The molecular weight excluding hydrogens is 260 g/mol. The maximum Gasteiger partial charge on any atom is 0.341 e. The maximum atomic E-state index is 12.0. The summed E-state index contributed by atoms with van der Waals surface area (Å²) in [7, 11) is 0. The zero-order valence-corrected chi connectivity index (χ0v) is 11.8. The van der Waals surface area contributed by atoms with Crippen LogP contribution in [0.3, 0.4) is 0 Å². The second-order valence-electron chi connectivity index (χ2n) is 4.22. The van der Waals surface area contributed by atoms with E-state index in [0.717, 1.165) is 6.42 Å². The molecule has 2 amide bonds. The minimum absolute atomic E-state index is 0.176. The van der Waals surface area contributed by atoms with E-state index in [1.54, 1.807) is 29.2 Å². The van der Waals surface area contributed by atoms with Gasteiger partial charge in [-0.25, -0.2) is 9.59 Å². The Labute approximate surface area is 118 Å². The first-order chi connectivity index (χ1) is 9.56. The summed E-state index contributed by atoms with van der Waals surface area (Å²) in [5.41, 5.74) is 0.576. The highest BCUT2D eigenvalue weighted by Crippen LogP contribution is 2.17. The molecule has 0 heterocycles. The third-order valence-electron chi connectivity index (χ3n) is 2.61. The highest BCUT2D eigenvalue weighted by Gasteiger charge is 2.10. The van der Waals surface area contributed by atoms with E-state index in [9.17, 15) is 9.59 Å². The first-order valence-corrected chi connectivity index (χ1v) is 6.57. The van der Waals surface area contributed by atoms with Crippen molar-refractivity contribution in [2.24, 2.45) is 0 Å². The summed E-state index contributed by atoms with van der Waals surface area (Å²) in [4.78, 5) is 24.1. The number of carbonyl (C=O) groups excluding carboxylic acids is 1. The van der Waals surface area contributed by atoms with Crippen LogP contribution in [0.1, 0.15) is 20.3 Å². The molecule has 0 bridgehead atoms. The molecule has 0 aliphatic carbocycles. The topological polar surface area (TPSA) is 78.9 Å². The standard InChI is InChI=1S/C14H20N2O4/c1-3-8-16(4-2)14(19)15-11-6-5-7-12(9-11)20-10-13(17)18/h5-7,9H,3-4,8,10H2,1-2H3,(H,15,19)(H,17,18). The fraction of sp³-hybridized carbons (Fsp3) is 0.429. The van der Waals surface area contributed by atoms with Crippen molar-refractivity contribution >= 4 is 17.7 Å². The Bertz CT molecular complexity index is 462. The van der Waals surface area contributed by atoms with Gasteiger partial charge in [0.15, 0.2) is 6.61 Å². The Morgan fingerprint density at radius 1 is 1.35 bits per heavy atom. The first kappa shape index (κ1) is 15.8. The van der Waals surface area contributed by atoms with Crippen molar-refractivity contribution in [3.63, 3.8) is 0 Å². The second kappa shape index (κ2) is 8.04. The lowest BCUT2D eigenvalue weighted by atomic mass is 10.3. The average molecular weight is 280 g/mol. The van der Waals surface area contributed by atoms with E-state index in [1.165, 1.54) is 0 Å². The van der Waals surface area contributed by atoms with Crippen molar-refractivity contribution < 1.29 is 19.4 Å². The SMILES string of the molecule is CCCN(CC)C(=O)Nc1cccc(OCC(=O)O)c1. The van der Waals surface area contributed by atoms with Crippen LogP contribution in [0.2, 0.25) is 0 Å². The van der Waals surface area contributed by atoms with Crippen molar-refractivity contribution in [3.8, 4) is 5.75 Å². The molecule has 0 atom stereocenters. The van der Waals surface area contributed by atoms with Crippen LogP contribution in [-0.4, -0.2) is 41.7 Å². The van der Waals surface area contributed by atoms with Gasteiger partial charge in [0.25, 0.3) is 0 Å². The number of ether oxygens (including phenoxy) is 1. The van der Waals surface area contributed by atoms with Crippen LogP contribution in [0.25, 0.3) is 0 Å². The Balaban J connectivity index is 2.65. The molecule has 1 aromatic rings. The number of nitrogens with one attached hydrogen (secondary N) is 1. The highest BCUT2D eigenvalue weighted by molar-refractivity contribution is 5.89. The number of nitrogens with zero attached hydrogens (tertiary/aromatic N) is 1. The Kier molecular flexibility index (Phi) is 6.36. The molecule has 0 radical (unpaired) electrons.